The molecule has 2 aromatic rings. The highest BCUT2D eigenvalue weighted by Crippen LogP contribution is 2.26. The van der Waals surface area contributed by atoms with Gasteiger partial charge in [-0.05, 0) is 54.1 Å². The van der Waals surface area contributed by atoms with Gasteiger partial charge in [0.05, 0.1) is 6.61 Å². The summed E-state index contributed by atoms with van der Waals surface area (Å²) in [7, 11) is 0. The van der Waals surface area contributed by atoms with Crippen LogP contribution in [0.25, 0.3) is 10.9 Å². The van der Waals surface area contributed by atoms with Crippen molar-refractivity contribution in [3.63, 3.8) is 0 Å². The van der Waals surface area contributed by atoms with E-state index in [0.717, 1.165) is 18.0 Å². The second-order valence-corrected chi connectivity index (χ2v) is 5.48. The zero-order valence-electron chi connectivity index (χ0n) is 11.0. The molecule has 1 aromatic heterocycles. The fourth-order valence-electron chi connectivity index (χ4n) is 1.72. The minimum atomic E-state index is 0.431. The molecule has 1 heterocycles. The zero-order chi connectivity index (χ0) is 14.3. The third-order valence-electron chi connectivity index (χ3n) is 2.49. The molecule has 104 valence electrons. The summed E-state index contributed by atoms with van der Waals surface area (Å²) in [5.74, 6) is 0. The summed E-state index contributed by atoms with van der Waals surface area (Å²) in [6, 6.07) is 6.08. The molecular weight excluding hydrogens is 377 g/mol. The third-order valence-corrected chi connectivity index (χ3v) is 3.59. The van der Waals surface area contributed by atoms with Gasteiger partial charge in [0.25, 0.3) is 6.47 Å². The van der Waals surface area contributed by atoms with Gasteiger partial charge >= 0.3 is 0 Å². The predicted octanol–water partition coefficient (Wildman–Crippen LogP) is 4.49. The van der Waals surface area contributed by atoms with E-state index in [1.54, 1.807) is 6.92 Å². The number of carbonyl (C=O) groups excluding carboxylic acids is 1. The minimum absolute atomic E-state index is 0.431. The normalized spacial score (nSPS) is 9.89. The Morgan fingerprint density at radius 2 is 2.16 bits per heavy atom. The number of benzene rings is 1. The van der Waals surface area contributed by atoms with Crippen molar-refractivity contribution in [2.75, 3.05) is 6.61 Å². The van der Waals surface area contributed by atoms with Crippen molar-refractivity contribution in [3.05, 3.63) is 33.0 Å². The second-order valence-electron chi connectivity index (χ2n) is 3.88. The van der Waals surface area contributed by atoms with Gasteiger partial charge in [-0.3, -0.25) is 4.79 Å². The predicted molar refractivity (Wildman–Crippen MR) is 87.6 cm³/mol. The molecule has 3 nitrogen and oxygen atoms in total. The summed E-state index contributed by atoms with van der Waals surface area (Å²) in [6.07, 6.45) is 3.34. The first-order valence-electron chi connectivity index (χ1n) is 6.13. The van der Waals surface area contributed by atoms with Crippen molar-refractivity contribution in [1.29, 1.82) is 0 Å². The van der Waals surface area contributed by atoms with E-state index in [9.17, 15) is 4.79 Å². The molecule has 1 aromatic carbocycles. The highest BCUT2D eigenvalue weighted by molar-refractivity contribution is 14.1. The van der Waals surface area contributed by atoms with Crippen LogP contribution in [0.4, 0.5) is 0 Å². The Morgan fingerprint density at radius 1 is 1.42 bits per heavy atom. The molecule has 0 saturated heterocycles. The summed E-state index contributed by atoms with van der Waals surface area (Å²) in [5, 5.41) is 2.07. The molecular formula is C14H17ClINO2. The molecule has 0 aliphatic heterocycles. The van der Waals surface area contributed by atoms with E-state index in [1.165, 1.54) is 14.5 Å². The number of halogens is 2. The van der Waals surface area contributed by atoms with Crippen molar-refractivity contribution in [3.8, 4) is 0 Å². The Bertz CT molecular complexity index is 539. The van der Waals surface area contributed by atoms with Crippen molar-refractivity contribution < 1.29 is 9.53 Å². The lowest BCUT2D eigenvalue weighted by molar-refractivity contribution is -0.128. The maximum absolute atomic E-state index is 9.18. The van der Waals surface area contributed by atoms with Crippen LogP contribution in [-0.2, 0) is 16.1 Å². The number of nitrogens with zero attached hydrogens (tertiary/aromatic N) is 1. The first-order valence-corrected chi connectivity index (χ1v) is 7.58. The molecule has 19 heavy (non-hydrogen) atoms. The van der Waals surface area contributed by atoms with E-state index in [-0.39, 0.29) is 0 Å². The molecule has 0 N–H and O–H groups in total. The smallest absolute Gasteiger partial charge is 0.293 e. The monoisotopic (exact) mass is 393 g/mol. The number of hydrogen-bond donors (Lipinski definition) is 0. The van der Waals surface area contributed by atoms with E-state index in [4.69, 9.17) is 11.6 Å². The summed E-state index contributed by atoms with van der Waals surface area (Å²) in [4.78, 5) is 9.18. The van der Waals surface area contributed by atoms with E-state index in [1.807, 2.05) is 12.1 Å². The topological polar surface area (TPSA) is 31.2 Å². The minimum Gasteiger partial charge on any atom is -0.468 e. The Kier molecular flexibility index (Phi) is 7.23. The van der Waals surface area contributed by atoms with Crippen LogP contribution in [0.1, 0.15) is 20.3 Å². The molecule has 5 heteroatoms. The van der Waals surface area contributed by atoms with Crippen molar-refractivity contribution >= 4 is 51.6 Å². The number of aryl methyl sites for hydroxylation is 1. The van der Waals surface area contributed by atoms with Gasteiger partial charge in [0.15, 0.2) is 0 Å². The molecule has 0 aliphatic rings. The van der Waals surface area contributed by atoms with Crippen molar-refractivity contribution in [1.82, 2.24) is 4.57 Å². The number of carbonyl (C=O) groups is 1. The van der Waals surface area contributed by atoms with Crippen molar-refractivity contribution in [2.45, 2.75) is 26.8 Å². The van der Waals surface area contributed by atoms with Gasteiger partial charge in [-0.15, -0.1) is 0 Å². The van der Waals surface area contributed by atoms with Crippen LogP contribution in [0.3, 0.4) is 0 Å². The fraction of sp³-hybridized carbons (Fsp3) is 0.357. The lowest BCUT2D eigenvalue weighted by atomic mass is 10.2. The SMILES string of the molecule is CCCn1cc(I)c2cc(Cl)ccc21.CCOC=O. The Morgan fingerprint density at radius 3 is 2.68 bits per heavy atom. The van der Waals surface area contributed by atoms with Gasteiger partial charge in [0.1, 0.15) is 0 Å². The van der Waals surface area contributed by atoms with Crippen LogP contribution in [0.15, 0.2) is 24.4 Å². The standard InChI is InChI=1S/C11H11ClIN.C3H6O2/c1-2-5-14-7-10(13)9-6-8(12)3-4-11(9)14;1-2-5-3-4/h3-4,6-7H,2,5H2,1H3;3H,2H2,1H3. The summed E-state index contributed by atoms with van der Waals surface area (Å²) >= 11 is 8.32. The highest BCUT2D eigenvalue weighted by atomic mass is 127. The van der Waals surface area contributed by atoms with Gasteiger partial charge in [-0.25, -0.2) is 0 Å². The number of rotatable bonds is 4. The van der Waals surface area contributed by atoms with E-state index < -0.39 is 0 Å². The number of aromatic nitrogens is 1. The molecule has 0 bridgehead atoms. The van der Waals surface area contributed by atoms with Crippen LogP contribution >= 0.6 is 34.2 Å². The molecule has 0 unspecified atom stereocenters. The number of ether oxygens (including phenoxy) is 1. The largest absolute Gasteiger partial charge is 0.468 e. The van der Waals surface area contributed by atoms with E-state index in [0.29, 0.717) is 13.1 Å². The van der Waals surface area contributed by atoms with E-state index in [2.05, 4.69) is 51.1 Å². The highest BCUT2D eigenvalue weighted by Gasteiger charge is 2.05. The van der Waals surface area contributed by atoms with Crippen molar-refractivity contribution in [2.24, 2.45) is 0 Å². The molecule has 0 aliphatic carbocycles. The maximum Gasteiger partial charge on any atom is 0.293 e. The van der Waals surface area contributed by atoms with Gasteiger partial charge < -0.3 is 9.30 Å². The molecule has 0 spiro atoms. The van der Waals surface area contributed by atoms with E-state index >= 15 is 0 Å². The maximum atomic E-state index is 9.18. The summed E-state index contributed by atoms with van der Waals surface area (Å²) in [5.41, 5.74) is 1.28. The Labute approximate surface area is 132 Å². The fourth-order valence-corrected chi connectivity index (χ4v) is 2.66. The van der Waals surface area contributed by atoms with Gasteiger partial charge in [-0.2, -0.15) is 0 Å². The first kappa shape index (κ1) is 16.3. The van der Waals surface area contributed by atoms with Gasteiger partial charge in [0.2, 0.25) is 0 Å². The molecule has 0 atom stereocenters. The summed E-state index contributed by atoms with van der Waals surface area (Å²) in [6.45, 7) is 5.92. The number of hydrogen-bond acceptors (Lipinski definition) is 2. The Balaban J connectivity index is 0.000000312. The van der Waals surface area contributed by atoms with Crippen LogP contribution in [0.5, 0.6) is 0 Å². The van der Waals surface area contributed by atoms with Gasteiger partial charge in [0, 0.05) is 32.2 Å². The lowest BCUT2D eigenvalue weighted by Gasteiger charge is -2.01. The first-order chi connectivity index (χ1) is 9.13. The molecule has 0 saturated carbocycles. The Hall–Kier alpha value is -0.750. The van der Waals surface area contributed by atoms with Crippen LogP contribution in [0, 0.1) is 3.57 Å². The average molecular weight is 394 g/mol. The molecule has 2 rings (SSSR count). The van der Waals surface area contributed by atoms with Crippen LogP contribution < -0.4 is 0 Å². The quantitative estimate of drug-likeness (QED) is 0.566. The lowest BCUT2D eigenvalue weighted by Crippen LogP contribution is -1.93. The third kappa shape index (κ3) is 4.69. The van der Waals surface area contributed by atoms with Gasteiger partial charge in [-0.1, -0.05) is 18.5 Å². The molecule has 0 fully saturated rings. The number of fused-ring (bicyclic) bond motifs is 1. The molecule has 0 radical (unpaired) electrons. The van der Waals surface area contributed by atoms with Crippen LogP contribution in [-0.4, -0.2) is 17.6 Å². The second kappa shape index (κ2) is 8.43. The molecule has 0 amide bonds. The summed E-state index contributed by atoms with van der Waals surface area (Å²) < 4.78 is 7.71. The van der Waals surface area contributed by atoms with Crippen LogP contribution in [0.2, 0.25) is 5.02 Å². The average Bonchev–Trinajstić information content (AvgIpc) is 2.68. The zero-order valence-corrected chi connectivity index (χ0v) is 13.9.